The minimum Gasteiger partial charge on any atom is -0.393 e. The predicted molar refractivity (Wildman–Crippen MR) is 116 cm³/mol. The third kappa shape index (κ3) is 3.23. The molecule has 0 radical (unpaired) electrons. The molecular weight excluding hydrogens is 400 g/mol. The van der Waals surface area contributed by atoms with Gasteiger partial charge in [0.25, 0.3) is 0 Å². The molecule has 4 atom stereocenters. The van der Waals surface area contributed by atoms with Crippen molar-refractivity contribution in [3.05, 3.63) is 12.7 Å². The second kappa shape index (κ2) is 7.08. The van der Waals surface area contributed by atoms with Gasteiger partial charge in [-0.25, -0.2) is 15.0 Å². The van der Waals surface area contributed by atoms with Gasteiger partial charge in [0, 0.05) is 31.7 Å². The number of hydrogen-bond donors (Lipinski definition) is 3. The summed E-state index contributed by atoms with van der Waals surface area (Å²) in [5.41, 5.74) is -3.50. The van der Waals surface area contributed by atoms with E-state index in [1.54, 1.807) is 17.8 Å². The van der Waals surface area contributed by atoms with Crippen LogP contribution in [-0.4, -0.2) is 94.9 Å². The molecule has 2 aromatic heterocycles. The van der Waals surface area contributed by atoms with Crippen LogP contribution in [0.25, 0.3) is 11.2 Å². The molecule has 2 fully saturated rings. The van der Waals surface area contributed by atoms with Gasteiger partial charge >= 0.3 is 0 Å². The van der Waals surface area contributed by atoms with Crippen molar-refractivity contribution >= 4 is 17.0 Å². The molecule has 0 spiro atoms. The number of fused-ring (bicyclic) bond motifs is 1. The molecule has 0 saturated carbocycles. The van der Waals surface area contributed by atoms with E-state index < -0.39 is 29.6 Å². The van der Waals surface area contributed by atoms with Gasteiger partial charge in [-0.1, -0.05) is 0 Å². The molecule has 10 heteroatoms. The summed E-state index contributed by atoms with van der Waals surface area (Å²) in [6, 6.07) is 0. The van der Waals surface area contributed by atoms with Crippen molar-refractivity contribution in [1.82, 2.24) is 24.4 Å². The number of ether oxygens (including phenoxy) is 1. The molecule has 172 valence electrons. The van der Waals surface area contributed by atoms with Gasteiger partial charge in [-0.2, -0.15) is 0 Å². The number of rotatable bonds is 3. The summed E-state index contributed by atoms with van der Waals surface area (Å²) >= 11 is 0. The molecule has 4 rings (SSSR count). The first kappa shape index (κ1) is 22.3. The number of aromatic nitrogens is 4. The van der Waals surface area contributed by atoms with E-state index in [1.165, 1.54) is 20.2 Å². The normalized spacial score (nSPS) is 35.3. The number of nitrogens with zero attached hydrogens (tertiary/aromatic N) is 6. The average Bonchev–Trinajstić information content (AvgIpc) is 3.19. The molecule has 0 aliphatic carbocycles. The highest BCUT2D eigenvalue weighted by Gasteiger charge is 2.67. The summed E-state index contributed by atoms with van der Waals surface area (Å²) in [5.74, 6) is 0.742. The Morgan fingerprint density at radius 3 is 2.26 bits per heavy atom. The Hall–Kier alpha value is -1.85. The predicted octanol–water partition coefficient (Wildman–Crippen LogP) is 0.529. The van der Waals surface area contributed by atoms with Crippen LogP contribution in [0, 0.1) is 0 Å². The van der Waals surface area contributed by atoms with Crippen LogP contribution in [0.1, 0.15) is 47.8 Å². The first-order chi connectivity index (χ1) is 14.3. The maximum atomic E-state index is 11.2. The minimum absolute atomic E-state index is 0.121. The Bertz CT molecular complexity index is 960. The number of imidazole rings is 1. The number of hydrogen-bond acceptors (Lipinski definition) is 9. The molecule has 0 amide bonds. The largest absolute Gasteiger partial charge is 0.393 e. The SMILES string of the molecule is CC(C)(C)N1CCN(c2ncnc3c2ncn3[C@@H]2OC(C)(CO)C(C)(O)C2(C)O)CC1. The van der Waals surface area contributed by atoms with Crippen molar-refractivity contribution < 1.29 is 20.1 Å². The lowest BCUT2D eigenvalue weighted by atomic mass is 9.76. The molecule has 2 aliphatic rings. The number of aliphatic hydroxyl groups excluding tert-OH is 1. The van der Waals surface area contributed by atoms with Gasteiger partial charge in [-0.15, -0.1) is 0 Å². The summed E-state index contributed by atoms with van der Waals surface area (Å²) in [6.45, 7) is 14.3. The molecule has 3 unspecified atom stereocenters. The summed E-state index contributed by atoms with van der Waals surface area (Å²) in [5, 5.41) is 32.1. The molecule has 2 aliphatic heterocycles. The van der Waals surface area contributed by atoms with Crippen LogP contribution in [0.4, 0.5) is 5.82 Å². The van der Waals surface area contributed by atoms with Crippen LogP contribution >= 0.6 is 0 Å². The van der Waals surface area contributed by atoms with Crippen molar-refractivity contribution in [2.45, 2.75) is 70.1 Å². The highest BCUT2D eigenvalue weighted by atomic mass is 16.6. The fourth-order valence-electron chi connectivity index (χ4n) is 4.60. The van der Waals surface area contributed by atoms with Crippen LogP contribution in [0.3, 0.4) is 0 Å². The van der Waals surface area contributed by atoms with E-state index in [1.807, 2.05) is 0 Å². The number of piperazine rings is 1. The summed E-state index contributed by atoms with van der Waals surface area (Å²) < 4.78 is 7.62. The lowest BCUT2D eigenvalue weighted by Gasteiger charge is -2.42. The third-order valence-corrected chi connectivity index (χ3v) is 7.29. The highest BCUT2D eigenvalue weighted by molar-refractivity contribution is 5.83. The van der Waals surface area contributed by atoms with Gasteiger partial charge < -0.3 is 25.0 Å². The van der Waals surface area contributed by atoms with E-state index >= 15 is 0 Å². The van der Waals surface area contributed by atoms with E-state index in [0.717, 1.165) is 32.0 Å². The van der Waals surface area contributed by atoms with Crippen molar-refractivity contribution in [1.29, 1.82) is 0 Å². The standard InChI is InChI=1S/C21H34N6O4/c1-18(2,3)26-9-7-25(8-10-26)15-14-16(23-12-22-15)27(13-24-14)17-20(5,29)21(6,30)19(4,11-28)31-17/h12-13,17,28-30H,7-11H2,1-6H3/t17-,19?,20?,21?/m1/s1. The fourth-order valence-corrected chi connectivity index (χ4v) is 4.60. The van der Waals surface area contributed by atoms with Crippen molar-refractivity contribution in [2.75, 3.05) is 37.7 Å². The Labute approximate surface area is 182 Å². The van der Waals surface area contributed by atoms with Gasteiger partial charge in [-0.05, 0) is 41.5 Å². The Balaban J connectivity index is 1.68. The van der Waals surface area contributed by atoms with E-state index in [4.69, 9.17) is 4.74 Å². The van der Waals surface area contributed by atoms with Crippen molar-refractivity contribution in [3.63, 3.8) is 0 Å². The fraction of sp³-hybridized carbons (Fsp3) is 0.762. The lowest BCUT2D eigenvalue weighted by molar-refractivity contribution is -0.162. The van der Waals surface area contributed by atoms with Crippen molar-refractivity contribution in [3.8, 4) is 0 Å². The molecule has 2 saturated heterocycles. The Kier molecular flexibility index (Phi) is 5.10. The summed E-state index contributed by atoms with van der Waals surface area (Å²) in [7, 11) is 0. The van der Waals surface area contributed by atoms with Gasteiger partial charge in [0.15, 0.2) is 23.2 Å². The van der Waals surface area contributed by atoms with Gasteiger partial charge in [0.05, 0.1) is 12.9 Å². The maximum absolute atomic E-state index is 11.2. The van der Waals surface area contributed by atoms with Crippen LogP contribution < -0.4 is 4.90 Å². The molecule has 0 aromatic carbocycles. The second-order valence-corrected chi connectivity index (χ2v) is 10.2. The molecular formula is C21H34N6O4. The molecule has 10 nitrogen and oxygen atoms in total. The first-order valence-corrected chi connectivity index (χ1v) is 10.7. The maximum Gasteiger partial charge on any atom is 0.169 e. The zero-order valence-electron chi connectivity index (χ0n) is 19.2. The zero-order chi connectivity index (χ0) is 22.8. The van der Waals surface area contributed by atoms with Gasteiger partial charge in [0.1, 0.15) is 23.1 Å². The zero-order valence-corrected chi connectivity index (χ0v) is 19.2. The highest BCUT2D eigenvalue weighted by Crippen LogP contribution is 2.51. The van der Waals surface area contributed by atoms with E-state index in [9.17, 15) is 15.3 Å². The van der Waals surface area contributed by atoms with Crippen LogP contribution in [0.5, 0.6) is 0 Å². The molecule has 3 N–H and O–H groups in total. The first-order valence-electron chi connectivity index (χ1n) is 10.7. The quantitative estimate of drug-likeness (QED) is 0.635. The monoisotopic (exact) mass is 434 g/mol. The Morgan fingerprint density at radius 2 is 1.71 bits per heavy atom. The minimum atomic E-state index is -1.70. The van der Waals surface area contributed by atoms with Crippen LogP contribution in [-0.2, 0) is 4.74 Å². The Morgan fingerprint density at radius 1 is 1.06 bits per heavy atom. The summed E-state index contributed by atoms with van der Waals surface area (Å²) in [4.78, 5) is 18.1. The smallest absolute Gasteiger partial charge is 0.169 e. The number of anilines is 1. The molecule has 31 heavy (non-hydrogen) atoms. The van der Waals surface area contributed by atoms with Crippen LogP contribution in [0.2, 0.25) is 0 Å². The number of aliphatic hydroxyl groups is 3. The second-order valence-electron chi connectivity index (χ2n) is 10.2. The van der Waals surface area contributed by atoms with Crippen LogP contribution in [0.15, 0.2) is 12.7 Å². The lowest BCUT2D eigenvalue weighted by Crippen LogP contribution is -2.60. The third-order valence-electron chi connectivity index (χ3n) is 7.29. The van der Waals surface area contributed by atoms with E-state index in [0.29, 0.717) is 11.2 Å². The topological polar surface area (TPSA) is 120 Å². The van der Waals surface area contributed by atoms with Crippen molar-refractivity contribution in [2.24, 2.45) is 0 Å². The molecule has 4 heterocycles. The molecule has 2 aromatic rings. The van der Waals surface area contributed by atoms with Gasteiger partial charge in [0.2, 0.25) is 0 Å². The van der Waals surface area contributed by atoms with Gasteiger partial charge in [-0.3, -0.25) is 9.47 Å². The summed E-state index contributed by atoms with van der Waals surface area (Å²) in [6.07, 6.45) is 2.05. The molecule has 0 bridgehead atoms. The average molecular weight is 435 g/mol. The van der Waals surface area contributed by atoms with E-state index in [-0.39, 0.29) is 5.54 Å². The van der Waals surface area contributed by atoms with E-state index in [2.05, 4.69) is 45.5 Å².